The molecule has 0 radical (unpaired) electrons. The van der Waals surface area contributed by atoms with E-state index in [0.717, 1.165) is 5.56 Å². The SMILES string of the molecule is COc1ccc(-c2csc(NC(=O)COc3ccc([N+](=O)[O-])cc3)n2)c(OC)c1. The lowest BCUT2D eigenvalue weighted by atomic mass is 10.1. The Bertz CT molecular complexity index is 1020. The number of amides is 1. The van der Waals surface area contributed by atoms with Crippen molar-refractivity contribution in [3.05, 3.63) is 58.0 Å². The van der Waals surface area contributed by atoms with E-state index in [1.54, 1.807) is 31.7 Å². The number of anilines is 1. The van der Waals surface area contributed by atoms with Gasteiger partial charge in [-0.1, -0.05) is 0 Å². The third-order valence-electron chi connectivity index (χ3n) is 3.85. The molecule has 0 aliphatic heterocycles. The fourth-order valence-electron chi connectivity index (χ4n) is 2.43. The molecule has 0 unspecified atom stereocenters. The normalized spacial score (nSPS) is 10.3. The first-order chi connectivity index (χ1) is 14.0. The number of aromatic nitrogens is 1. The Morgan fingerprint density at radius 1 is 1.14 bits per heavy atom. The molecule has 0 fully saturated rings. The number of benzene rings is 2. The number of ether oxygens (including phenoxy) is 3. The first kappa shape index (κ1) is 20.1. The predicted octanol–water partition coefficient (Wildman–Crippen LogP) is 3.75. The predicted molar refractivity (Wildman–Crippen MR) is 108 cm³/mol. The number of nitro benzene ring substituents is 1. The van der Waals surface area contributed by atoms with Crippen LogP contribution in [0.2, 0.25) is 0 Å². The molecule has 1 aromatic heterocycles. The second-order valence-electron chi connectivity index (χ2n) is 5.69. The maximum atomic E-state index is 12.1. The summed E-state index contributed by atoms with van der Waals surface area (Å²) in [7, 11) is 3.13. The van der Waals surface area contributed by atoms with Crippen LogP contribution in [0.4, 0.5) is 10.8 Å². The zero-order valence-electron chi connectivity index (χ0n) is 15.6. The van der Waals surface area contributed by atoms with Crippen molar-refractivity contribution < 1.29 is 23.9 Å². The smallest absolute Gasteiger partial charge is 0.269 e. The van der Waals surface area contributed by atoms with Gasteiger partial charge in [0, 0.05) is 29.1 Å². The third-order valence-corrected chi connectivity index (χ3v) is 4.61. The summed E-state index contributed by atoms with van der Waals surface area (Å²) >= 11 is 1.27. The van der Waals surface area contributed by atoms with E-state index in [1.807, 2.05) is 6.07 Å². The van der Waals surface area contributed by atoms with Crippen LogP contribution in [0, 0.1) is 10.1 Å². The van der Waals surface area contributed by atoms with E-state index in [1.165, 1.54) is 35.6 Å². The van der Waals surface area contributed by atoms with Gasteiger partial charge in [-0.2, -0.15) is 0 Å². The maximum absolute atomic E-state index is 12.1. The van der Waals surface area contributed by atoms with Crippen molar-refractivity contribution in [3.63, 3.8) is 0 Å². The Hall–Kier alpha value is -3.66. The number of nitrogens with zero attached hydrogens (tertiary/aromatic N) is 2. The van der Waals surface area contributed by atoms with Crippen molar-refractivity contribution in [2.24, 2.45) is 0 Å². The molecule has 0 bridgehead atoms. The molecule has 1 N–H and O–H groups in total. The molecule has 150 valence electrons. The van der Waals surface area contributed by atoms with Crippen molar-refractivity contribution in [3.8, 4) is 28.5 Å². The van der Waals surface area contributed by atoms with Crippen LogP contribution in [0.3, 0.4) is 0 Å². The summed E-state index contributed by atoms with van der Waals surface area (Å²) in [5, 5.41) is 15.5. The van der Waals surface area contributed by atoms with Crippen molar-refractivity contribution in [1.29, 1.82) is 0 Å². The van der Waals surface area contributed by atoms with Crippen molar-refractivity contribution in [1.82, 2.24) is 4.98 Å². The first-order valence-corrected chi connectivity index (χ1v) is 9.23. The van der Waals surface area contributed by atoms with Crippen molar-refractivity contribution in [2.45, 2.75) is 0 Å². The Morgan fingerprint density at radius 2 is 1.86 bits per heavy atom. The highest BCUT2D eigenvalue weighted by Crippen LogP contribution is 2.34. The Labute approximate surface area is 170 Å². The number of nitro groups is 1. The van der Waals surface area contributed by atoms with E-state index in [2.05, 4.69) is 10.3 Å². The van der Waals surface area contributed by atoms with Crippen LogP contribution in [-0.4, -0.2) is 36.6 Å². The summed E-state index contributed by atoms with van der Waals surface area (Å²) in [6, 6.07) is 10.9. The highest BCUT2D eigenvalue weighted by molar-refractivity contribution is 7.14. The van der Waals surface area contributed by atoms with E-state index in [0.29, 0.717) is 28.1 Å². The number of hydrogen-bond donors (Lipinski definition) is 1. The van der Waals surface area contributed by atoms with E-state index < -0.39 is 10.8 Å². The summed E-state index contributed by atoms with van der Waals surface area (Å²) in [6.07, 6.45) is 0. The summed E-state index contributed by atoms with van der Waals surface area (Å²) in [4.78, 5) is 26.6. The van der Waals surface area contributed by atoms with Crippen LogP contribution in [-0.2, 0) is 4.79 Å². The molecule has 0 saturated carbocycles. The minimum atomic E-state index is -0.506. The summed E-state index contributed by atoms with van der Waals surface area (Å²) in [5.74, 6) is 1.23. The number of hydrogen-bond acceptors (Lipinski definition) is 8. The highest BCUT2D eigenvalue weighted by atomic mass is 32.1. The van der Waals surface area contributed by atoms with Gasteiger partial charge in [0.25, 0.3) is 11.6 Å². The molecule has 2 aromatic carbocycles. The van der Waals surface area contributed by atoms with Gasteiger partial charge in [-0.3, -0.25) is 20.2 Å². The van der Waals surface area contributed by atoms with Gasteiger partial charge >= 0.3 is 0 Å². The summed E-state index contributed by atoms with van der Waals surface area (Å²) in [5.41, 5.74) is 1.37. The summed E-state index contributed by atoms with van der Waals surface area (Å²) < 4.78 is 15.9. The Balaban J connectivity index is 1.61. The molecule has 3 rings (SSSR count). The second kappa shape index (κ2) is 9.02. The van der Waals surface area contributed by atoms with Crippen LogP contribution in [0.25, 0.3) is 11.3 Å². The van der Waals surface area contributed by atoms with Crippen molar-refractivity contribution >= 4 is 28.1 Å². The van der Waals surface area contributed by atoms with Gasteiger partial charge in [0.05, 0.1) is 24.8 Å². The molecule has 1 amide bonds. The zero-order valence-corrected chi connectivity index (χ0v) is 16.4. The van der Waals surface area contributed by atoms with E-state index in [-0.39, 0.29) is 12.3 Å². The number of methoxy groups -OCH3 is 2. The van der Waals surface area contributed by atoms with E-state index in [4.69, 9.17) is 14.2 Å². The first-order valence-electron chi connectivity index (χ1n) is 8.35. The van der Waals surface area contributed by atoms with Crippen LogP contribution >= 0.6 is 11.3 Å². The van der Waals surface area contributed by atoms with Crippen LogP contribution in [0.15, 0.2) is 47.8 Å². The van der Waals surface area contributed by atoms with Crippen LogP contribution in [0.5, 0.6) is 17.2 Å². The maximum Gasteiger partial charge on any atom is 0.269 e. The number of thiazole rings is 1. The lowest BCUT2D eigenvalue weighted by molar-refractivity contribution is -0.384. The number of nitrogens with one attached hydrogen (secondary N) is 1. The van der Waals surface area contributed by atoms with E-state index >= 15 is 0 Å². The van der Waals surface area contributed by atoms with Gasteiger partial charge < -0.3 is 14.2 Å². The fraction of sp³-hybridized carbons (Fsp3) is 0.158. The quantitative estimate of drug-likeness (QED) is 0.440. The van der Waals surface area contributed by atoms with Crippen LogP contribution in [0.1, 0.15) is 0 Å². The minimum Gasteiger partial charge on any atom is -0.497 e. The van der Waals surface area contributed by atoms with Gasteiger partial charge in [0.2, 0.25) is 0 Å². The molecule has 0 atom stereocenters. The topological polar surface area (TPSA) is 113 Å². The molecule has 10 heteroatoms. The average molecular weight is 415 g/mol. The molecule has 0 aliphatic carbocycles. The van der Waals surface area contributed by atoms with Crippen molar-refractivity contribution in [2.75, 3.05) is 26.1 Å². The molecule has 29 heavy (non-hydrogen) atoms. The molecule has 0 saturated heterocycles. The average Bonchev–Trinajstić information content (AvgIpc) is 3.20. The lowest BCUT2D eigenvalue weighted by Gasteiger charge is -2.08. The minimum absolute atomic E-state index is 0.0499. The molecular formula is C19H17N3O6S. The number of carbonyl (C=O) groups excluding carboxylic acids is 1. The van der Waals surface area contributed by atoms with Crippen LogP contribution < -0.4 is 19.5 Å². The molecule has 0 aliphatic rings. The zero-order chi connectivity index (χ0) is 20.8. The number of rotatable bonds is 8. The van der Waals surface area contributed by atoms with Gasteiger partial charge in [-0.25, -0.2) is 4.98 Å². The lowest BCUT2D eigenvalue weighted by Crippen LogP contribution is -2.20. The molecule has 3 aromatic rings. The third kappa shape index (κ3) is 4.99. The summed E-state index contributed by atoms with van der Waals surface area (Å²) in [6.45, 7) is -0.251. The number of carbonyl (C=O) groups is 1. The molecule has 9 nitrogen and oxygen atoms in total. The Morgan fingerprint density at radius 3 is 2.52 bits per heavy atom. The van der Waals surface area contributed by atoms with Gasteiger partial charge in [-0.15, -0.1) is 11.3 Å². The molecule has 0 spiro atoms. The van der Waals surface area contributed by atoms with E-state index in [9.17, 15) is 14.9 Å². The van der Waals surface area contributed by atoms with Gasteiger partial charge in [0.1, 0.15) is 17.2 Å². The Kier molecular flexibility index (Phi) is 6.25. The largest absolute Gasteiger partial charge is 0.497 e. The number of non-ortho nitro benzene ring substituents is 1. The monoisotopic (exact) mass is 415 g/mol. The standard InChI is InChI=1S/C19H17N3O6S/c1-26-14-7-8-15(17(9-14)27-2)16-11-29-19(20-16)21-18(23)10-28-13-5-3-12(4-6-13)22(24)25/h3-9,11H,10H2,1-2H3,(H,20,21,23). The van der Waals surface area contributed by atoms with Gasteiger partial charge in [-0.05, 0) is 24.3 Å². The highest BCUT2D eigenvalue weighted by Gasteiger charge is 2.13. The molecular weight excluding hydrogens is 398 g/mol. The van der Waals surface area contributed by atoms with Gasteiger partial charge in [0.15, 0.2) is 11.7 Å². The second-order valence-corrected chi connectivity index (χ2v) is 6.55. The fourth-order valence-corrected chi connectivity index (χ4v) is 3.16. The molecule has 1 heterocycles.